The largest absolute Gasteiger partial charge is 0.573 e. The van der Waals surface area contributed by atoms with Crippen LogP contribution in [0.25, 0.3) is 22.5 Å². The zero-order valence-corrected chi connectivity index (χ0v) is 19.6. The van der Waals surface area contributed by atoms with Crippen LogP contribution in [0.5, 0.6) is 5.75 Å². The number of anilines is 1. The zero-order chi connectivity index (χ0) is 25.7. The number of halogens is 3. The van der Waals surface area contributed by atoms with Gasteiger partial charge in [-0.05, 0) is 55.8 Å². The maximum Gasteiger partial charge on any atom is 0.573 e. The maximum absolute atomic E-state index is 13.3. The summed E-state index contributed by atoms with van der Waals surface area (Å²) in [6.45, 7) is 1.69. The predicted octanol–water partition coefficient (Wildman–Crippen LogP) is 4.51. The standard InChI is InChI=1S/C23H19F3N4O5S/c1-13-20-17(22(31)27-14-4-6-16(7-5-14)35-23(24,25)26)11-18(19-3-2-9-34-19)28-21(20)30(29-13)15-8-10-36(32,33)12-15/h2-7,9,11,15H,8,10,12H2,1H3,(H,27,31). The van der Waals surface area contributed by atoms with Gasteiger partial charge >= 0.3 is 6.36 Å². The Labute approximate surface area is 202 Å². The molecular weight excluding hydrogens is 501 g/mol. The Balaban J connectivity index is 1.55. The summed E-state index contributed by atoms with van der Waals surface area (Å²) in [6.07, 6.45) is -3.00. The monoisotopic (exact) mass is 520 g/mol. The van der Waals surface area contributed by atoms with E-state index in [4.69, 9.17) is 4.42 Å². The molecule has 1 unspecified atom stereocenters. The van der Waals surface area contributed by atoms with Crippen molar-refractivity contribution >= 4 is 32.5 Å². The number of aryl methyl sites for hydroxylation is 1. The number of aromatic nitrogens is 3. The number of amides is 1. The summed E-state index contributed by atoms with van der Waals surface area (Å²) in [4.78, 5) is 18.0. The highest BCUT2D eigenvalue weighted by Gasteiger charge is 2.33. The number of nitrogens with one attached hydrogen (secondary N) is 1. The molecule has 1 aliphatic heterocycles. The van der Waals surface area contributed by atoms with Crippen molar-refractivity contribution in [3.8, 4) is 17.2 Å². The van der Waals surface area contributed by atoms with Gasteiger partial charge in [-0.1, -0.05) is 0 Å². The van der Waals surface area contributed by atoms with Gasteiger partial charge in [-0.3, -0.25) is 4.79 Å². The summed E-state index contributed by atoms with van der Waals surface area (Å²) in [5.41, 5.74) is 1.60. The minimum Gasteiger partial charge on any atom is -0.463 e. The highest BCUT2D eigenvalue weighted by molar-refractivity contribution is 7.91. The molecule has 1 aliphatic rings. The molecule has 1 N–H and O–H groups in total. The second-order valence-electron chi connectivity index (χ2n) is 8.34. The first-order valence-electron chi connectivity index (χ1n) is 10.8. The number of rotatable bonds is 5. The summed E-state index contributed by atoms with van der Waals surface area (Å²) < 4.78 is 72.3. The molecule has 0 spiro atoms. The van der Waals surface area contributed by atoms with Crippen LogP contribution in [0.2, 0.25) is 0 Å². The third-order valence-corrected chi connectivity index (χ3v) is 7.51. The molecule has 3 aromatic heterocycles. The quantitative estimate of drug-likeness (QED) is 0.412. The van der Waals surface area contributed by atoms with Crippen LogP contribution >= 0.6 is 0 Å². The number of nitrogens with zero attached hydrogens (tertiary/aromatic N) is 3. The van der Waals surface area contributed by atoms with Gasteiger partial charge in [-0.2, -0.15) is 5.10 Å². The van der Waals surface area contributed by atoms with Gasteiger partial charge in [0.15, 0.2) is 21.2 Å². The van der Waals surface area contributed by atoms with Crippen LogP contribution in [-0.2, 0) is 9.84 Å². The van der Waals surface area contributed by atoms with Crippen LogP contribution in [-0.4, -0.2) is 47.0 Å². The van der Waals surface area contributed by atoms with E-state index in [1.54, 1.807) is 23.7 Å². The number of carbonyl (C=O) groups is 1. The lowest BCUT2D eigenvalue weighted by molar-refractivity contribution is -0.274. The lowest BCUT2D eigenvalue weighted by Crippen LogP contribution is -2.17. The molecule has 1 atom stereocenters. The van der Waals surface area contributed by atoms with E-state index in [2.05, 4.69) is 20.1 Å². The molecule has 0 saturated carbocycles. The summed E-state index contributed by atoms with van der Waals surface area (Å²) >= 11 is 0. The number of benzene rings is 1. The van der Waals surface area contributed by atoms with E-state index < -0.39 is 33.9 Å². The molecule has 0 bridgehead atoms. The Hall–Kier alpha value is -3.87. The fourth-order valence-electron chi connectivity index (χ4n) is 4.20. The van der Waals surface area contributed by atoms with E-state index in [0.717, 1.165) is 12.1 Å². The lowest BCUT2D eigenvalue weighted by atomic mass is 10.1. The van der Waals surface area contributed by atoms with Gasteiger partial charge in [-0.15, -0.1) is 13.2 Å². The molecule has 36 heavy (non-hydrogen) atoms. The van der Waals surface area contributed by atoms with Crippen molar-refractivity contribution in [3.05, 3.63) is 60.0 Å². The van der Waals surface area contributed by atoms with Gasteiger partial charge in [0.1, 0.15) is 11.4 Å². The molecule has 5 rings (SSSR count). The molecule has 9 nitrogen and oxygen atoms in total. The topological polar surface area (TPSA) is 116 Å². The van der Waals surface area contributed by atoms with Crippen molar-refractivity contribution in [1.29, 1.82) is 0 Å². The Morgan fingerprint density at radius 1 is 1.22 bits per heavy atom. The minimum atomic E-state index is -4.83. The number of ether oxygens (including phenoxy) is 1. The number of sulfone groups is 1. The van der Waals surface area contributed by atoms with Crippen LogP contribution in [0.15, 0.2) is 53.1 Å². The van der Waals surface area contributed by atoms with Crippen LogP contribution in [0.4, 0.5) is 18.9 Å². The number of alkyl halides is 3. The minimum absolute atomic E-state index is 0.0390. The van der Waals surface area contributed by atoms with E-state index >= 15 is 0 Å². The van der Waals surface area contributed by atoms with E-state index in [9.17, 15) is 26.4 Å². The number of pyridine rings is 1. The van der Waals surface area contributed by atoms with Crippen LogP contribution < -0.4 is 10.1 Å². The summed E-state index contributed by atoms with van der Waals surface area (Å²) in [6, 6.07) is 9.17. The van der Waals surface area contributed by atoms with Gasteiger partial charge < -0.3 is 14.5 Å². The first kappa shape index (κ1) is 23.9. The number of fused-ring (bicyclic) bond motifs is 1. The number of hydrogen-bond acceptors (Lipinski definition) is 7. The number of hydrogen-bond donors (Lipinski definition) is 1. The Morgan fingerprint density at radius 3 is 2.58 bits per heavy atom. The molecular formula is C23H19F3N4O5S. The molecule has 0 radical (unpaired) electrons. The van der Waals surface area contributed by atoms with E-state index in [0.29, 0.717) is 34.6 Å². The van der Waals surface area contributed by atoms with Crippen molar-refractivity contribution in [1.82, 2.24) is 14.8 Å². The molecule has 1 saturated heterocycles. The zero-order valence-electron chi connectivity index (χ0n) is 18.7. The maximum atomic E-state index is 13.3. The van der Waals surface area contributed by atoms with Crippen molar-refractivity contribution in [2.75, 3.05) is 16.8 Å². The van der Waals surface area contributed by atoms with Crippen LogP contribution in [0.1, 0.15) is 28.5 Å². The average molecular weight is 520 g/mol. The van der Waals surface area contributed by atoms with Crippen LogP contribution in [0, 0.1) is 6.92 Å². The van der Waals surface area contributed by atoms with Gasteiger partial charge in [0.2, 0.25) is 0 Å². The molecule has 188 valence electrons. The van der Waals surface area contributed by atoms with Gasteiger partial charge in [0, 0.05) is 5.69 Å². The van der Waals surface area contributed by atoms with Crippen molar-refractivity contribution in [2.45, 2.75) is 25.7 Å². The molecule has 1 fully saturated rings. The van der Waals surface area contributed by atoms with Crippen molar-refractivity contribution in [3.63, 3.8) is 0 Å². The Morgan fingerprint density at radius 2 is 1.97 bits per heavy atom. The molecule has 1 aromatic carbocycles. The van der Waals surface area contributed by atoms with Crippen LogP contribution in [0.3, 0.4) is 0 Å². The predicted molar refractivity (Wildman–Crippen MR) is 123 cm³/mol. The van der Waals surface area contributed by atoms with Gasteiger partial charge in [0.05, 0.1) is 40.5 Å². The smallest absolute Gasteiger partial charge is 0.463 e. The fraction of sp³-hybridized carbons (Fsp3) is 0.261. The first-order valence-corrected chi connectivity index (χ1v) is 12.6. The molecule has 0 aliphatic carbocycles. The molecule has 13 heteroatoms. The molecule has 1 amide bonds. The highest BCUT2D eigenvalue weighted by atomic mass is 32.2. The number of furan rings is 1. The summed E-state index contributed by atoms with van der Waals surface area (Å²) in [5.74, 6) is -0.623. The van der Waals surface area contributed by atoms with E-state index in [1.807, 2.05) is 0 Å². The highest BCUT2D eigenvalue weighted by Crippen LogP contribution is 2.33. The third-order valence-electron chi connectivity index (χ3n) is 5.76. The molecule has 4 aromatic rings. The van der Waals surface area contributed by atoms with E-state index in [-0.39, 0.29) is 22.8 Å². The third kappa shape index (κ3) is 4.78. The van der Waals surface area contributed by atoms with Crippen molar-refractivity contribution in [2.24, 2.45) is 0 Å². The van der Waals surface area contributed by atoms with Gasteiger partial charge in [0.25, 0.3) is 5.91 Å². The first-order chi connectivity index (χ1) is 17.0. The van der Waals surface area contributed by atoms with Gasteiger partial charge in [-0.25, -0.2) is 18.1 Å². The Kier molecular flexibility index (Phi) is 5.74. The Bertz CT molecular complexity index is 1550. The second kappa shape index (κ2) is 8.66. The lowest BCUT2D eigenvalue weighted by Gasteiger charge is -2.12. The summed E-state index contributed by atoms with van der Waals surface area (Å²) in [5, 5.41) is 7.61. The number of carbonyl (C=O) groups excluding carboxylic acids is 1. The van der Waals surface area contributed by atoms with E-state index in [1.165, 1.54) is 24.5 Å². The molecule has 4 heterocycles. The van der Waals surface area contributed by atoms with Crippen molar-refractivity contribution < 1.29 is 35.5 Å². The fourth-order valence-corrected chi connectivity index (χ4v) is 5.90. The summed E-state index contributed by atoms with van der Waals surface area (Å²) in [7, 11) is -3.21. The average Bonchev–Trinajstić information content (AvgIpc) is 3.53. The SMILES string of the molecule is Cc1nn(C2CCS(=O)(=O)C2)c2nc(-c3ccco3)cc(C(=O)Nc3ccc(OC(F)(F)F)cc3)c12. The second-order valence-corrected chi connectivity index (χ2v) is 10.6. The normalized spacial score (nSPS) is 17.4.